The molecule has 1 aliphatic carbocycles. The SMILES string of the molecule is CC(O)c1ccc(C2(CNC(=O)/C=C/c3ccoc3)CCCC2)s1. The molecule has 0 spiro atoms. The number of furan rings is 1. The van der Waals surface area contributed by atoms with Crippen LogP contribution in [0.5, 0.6) is 0 Å². The summed E-state index contributed by atoms with van der Waals surface area (Å²) in [6, 6.07) is 5.93. The van der Waals surface area contributed by atoms with Gasteiger partial charge in [-0.3, -0.25) is 4.79 Å². The smallest absolute Gasteiger partial charge is 0.244 e. The van der Waals surface area contributed by atoms with Crippen molar-refractivity contribution in [2.45, 2.75) is 44.1 Å². The summed E-state index contributed by atoms with van der Waals surface area (Å²) < 4.78 is 4.98. The number of nitrogens with one attached hydrogen (secondary N) is 1. The van der Waals surface area contributed by atoms with Crippen LogP contribution in [0.25, 0.3) is 6.08 Å². The minimum Gasteiger partial charge on any atom is -0.472 e. The molecule has 1 amide bonds. The van der Waals surface area contributed by atoms with E-state index in [4.69, 9.17) is 4.42 Å². The number of hydrogen-bond acceptors (Lipinski definition) is 4. The second-order valence-corrected chi connectivity index (χ2v) is 7.59. The molecule has 128 valence electrons. The number of aliphatic hydroxyl groups is 1. The van der Waals surface area contributed by atoms with Gasteiger partial charge in [-0.2, -0.15) is 0 Å². The van der Waals surface area contributed by atoms with Crippen molar-refractivity contribution in [1.29, 1.82) is 0 Å². The molecule has 0 bridgehead atoms. The monoisotopic (exact) mass is 345 g/mol. The van der Waals surface area contributed by atoms with E-state index in [9.17, 15) is 9.90 Å². The van der Waals surface area contributed by atoms with Crippen LogP contribution < -0.4 is 5.32 Å². The number of aliphatic hydroxyl groups excluding tert-OH is 1. The molecule has 1 unspecified atom stereocenters. The lowest BCUT2D eigenvalue weighted by molar-refractivity contribution is -0.116. The van der Waals surface area contributed by atoms with E-state index < -0.39 is 6.10 Å². The van der Waals surface area contributed by atoms with E-state index in [1.54, 1.807) is 42.9 Å². The molecule has 0 aliphatic heterocycles. The van der Waals surface area contributed by atoms with Gasteiger partial charge in [-0.1, -0.05) is 12.8 Å². The fourth-order valence-electron chi connectivity index (χ4n) is 3.28. The van der Waals surface area contributed by atoms with Gasteiger partial charge in [-0.05, 0) is 44.0 Å². The Morgan fingerprint density at radius 3 is 2.83 bits per heavy atom. The molecule has 2 aromatic heterocycles. The molecule has 2 N–H and O–H groups in total. The van der Waals surface area contributed by atoms with Gasteiger partial charge in [0.25, 0.3) is 0 Å². The highest BCUT2D eigenvalue weighted by molar-refractivity contribution is 7.12. The summed E-state index contributed by atoms with van der Waals surface area (Å²) in [4.78, 5) is 14.4. The molecule has 2 aromatic rings. The molecule has 4 nitrogen and oxygen atoms in total. The lowest BCUT2D eigenvalue weighted by Gasteiger charge is -2.28. The fraction of sp³-hybridized carbons (Fsp3) is 0.421. The van der Waals surface area contributed by atoms with Crippen molar-refractivity contribution in [3.63, 3.8) is 0 Å². The maximum atomic E-state index is 12.1. The van der Waals surface area contributed by atoms with Gasteiger partial charge in [0.2, 0.25) is 5.91 Å². The highest BCUT2D eigenvalue weighted by Gasteiger charge is 2.37. The Morgan fingerprint density at radius 1 is 1.42 bits per heavy atom. The van der Waals surface area contributed by atoms with E-state index in [2.05, 4.69) is 11.4 Å². The molecule has 24 heavy (non-hydrogen) atoms. The lowest BCUT2D eigenvalue weighted by Crippen LogP contribution is -2.37. The van der Waals surface area contributed by atoms with Crippen molar-refractivity contribution in [2.24, 2.45) is 0 Å². The zero-order chi connectivity index (χ0) is 17.0. The van der Waals surface area contributed by atoms with Crippen molar-refractivity contribution in [3.05, 3.63) is 52.1 Å². The average Bonchev–Trinajstić information content (AvgIpc) is 3.32. The first-order chi connectivity index (χ1) is 11.6. The van der Waals surface area contributed by atoms with E-state index >= 15 is 0 Å². The third-order valence-electron chi connectivity index (χ3n) is 4.69. The Balaban J connectivity index is 1.66. The number of carbonyl (C=O) groups excluding carboxylic acids is 1. The number of thiophene rings is 1. The molecule has 0 aromatic carbocycles. The highest BCUT2D eigenvalue weighted by Crippen LogP contribution is 2.44. The largest absolute Gasteiger partial charge is 0.472 e. The highest BCUT2D eigenvalue weighted by atomic mass is 32.1. The second kappa shape index (κ2) is 7.36. The number of carbonyl (C=O) groups is 1. The van der Waals surface area contributed by atoms with E-state index in [1.807, 2.05) is 12.1 Å². The van der Waals surface area contributed by atoms with Crippen molar-refractivity contribution in [3.8, 4) is 0 Å². The van der Waals surface area contributed by atoms with Gasteiger partial charge >= 0.3 is 0 Å². The zero-order valence-electron chi connectivity index (χ0n) is 13.8. The van der Waals surface area contributed by atoms with E-state index in [0.717, 1.165) is 23.3 Å². The third kappa shape index (κ3) is 3.79. The summed E-state index contributed by atoms with van der Waals surface area (Å²) in [6.07, 6.45) is 10.6. The van der Waals surface area contributed by atoms with E-state index in [-0.39, 0.29) is 11.3 Å². The summed E-state index contributed by atoms with van der Waals surface area (Å²) in [5, 5.41) is 12.8. The van der Waals surface area contributed by atoms with Crippen molar-refractivity contribution in [1.82, 2.24) is 5.32 Å². The molecule has 1 saturated carbocycles. The van der Waals surface area contributed by atoms with Crippen LogP contribution in [0.3, 0.4) is 0 Å². The molecule has 3 rings (SSSR count). The molecule has 2 heterocycles. The predicted octanol–water partition coefficient (Wildman–Crippen LogP) is 4.04. The van der Waals surface area contributed by atoms with Crippen molar-refractivity contribution >= 4 is 23.3 Å². The summed E-state index contributed by atoms with van der Waals surface area (Å²) in [7, 11) is 0. The van der Waals surface area contributed by atoms with Gasteiger partial charge < -0.3 is 14.8 Å². The summed E-state index contributed by atoms with van der Waals surface area (Å²) in [5.74, 6) is -0.0882. The van der Waals surface area contributed by atoms with E-state index in [0.29, 0.717) is 6.54 Å². The van der Waals surface area contributed by atoms with Gasteiger partial charge in [-0.25, -0.2) is 0 Å². The standard InChI is InChI=1S/C19H23NO3S/c1-14(21)16-5-6-17(24-16)19(9-2-3-10-19)13-20-18(22)7-4-15-8-11-23-12-15/h4-8,11-12,14,21H,2-3,9-10,13H2,1H3,(H,20,22)/b7-4+. The quantitative estimate of drug-likeness (QED) is 0.777. The van der Waals surface area contributed by atoms with Crippen LogP contribution in [-0.4, -0.2) is 17.6 Å². The van der Waals surface area contributed by atoms with Crippen LogP contribution in [0, 0.1) is 0 Å². The molecule has 0 saturated heterocycles. The average molecular weight is 345 g/mol. The van der Waals surface area contributed by atoms with Gasteiger partial charge in [-0.15, -0.1) is 11.3 Å². The first kappa shape index (κ1) is 17.0. The van der Waals surface area contributed by atoms with Crippen LogP contribution in [0.15, 0.2) is 41.2 Å². The molecule has 1 aliphatic rings. The predicted molar refractivity (Wildman–Crippen MR) is 95.9 cm³/mol. The Bertz CT molecular complexity index is 694. The zero-order valence-corrected chi connectivity index (χ0v) is 14.6. The van der Waals surface area contributed by atoms with Crippen molar-refractivity contribution < 1.29 is 14.3 Å². The van der Waals surface area contributed by atoms with E-state index in [1.165, 1.54) is 17.7 Å². The Kier molecular flexibility index (Phi) is 5.21. The summed E-state index contributed by atoms with van der Waals surface area (Å²) in [5.41, 5.74) is 0.886. The van der Waals surface area contributed by atoms with Crippen LogP contribution >= 0.6 is 11.3 Å². The number of amides is 1. The topological polar surface area (TPSA) is 62.5 Å². The Labute approximate surface area is 146 Å². The molecule has 0 radical (unpaired) electrons. The minimum absolute atomic E-state index is 0.0109. The van der Waals surface area contributed by atoms with Gasteiger partial charge in [0.1, 0.15) is 0 Å². The van der Waals surface area contributed by atoms with Crippen LogP contribution in [0.4, 0.5) is 0 Å². The maximum absolute atomic E-state index is 12.1. The van der Waals surface area contributed by atoms with Crippen molar-refractivity contribution in [2.75, 3.05) is 6.54 Å². The Hall–Kier alpha value is -1.85. The summed E-state index contributed by atoms with van der Waals surface area (Å²) in [6.45, 7) is 2.43. The first-order valence-corrected chi connectivity index (χ1v) is 9.17. The molecular weight excluding hydrogens is 322 g/mol. The fourth-order valence-corrected chi connectivity index (χ4v) is 4.47. The molecule has 1 fully saturated rings. The van der Waals surface area contributed by atoms with Crippen LogP contribution in [-0.2, 0) is 10.2 Å². The van der Waals surface area contributed by atoms with Crippen LogP contribution in [0.2, 0.25) is 0 Å². The van der Waals surface area contributed by atoms with Gasteiger partial charge in [0.15, 0.2) is 0 Å². The first-order valence-electron chi connectivity index (χ1n) is 8.35. The molecule has 1 atom stereocenters. The third-order valence-corrected chi connectivity index (χ3v) is 6.20. The maximum Gasteiger partial charge on any atom is 0.244 e. The summed E-state index contributed by atoms with van der Waals surface area (Å²) >= 11 is 1.67. The Morgan fingerprint density at radius 2 is 2.21 bits per heavy atom. The molecule has 5 heteroatoms. The second-order valence-electron chi connectivity index (χ2n) is 6.47. The van der Waals surface area contributed by atoms with Gasteiger partial charge in [0, 0.05) is 33.4 Å². The lowest BCUT2D eigenvalue weighted by atomic mass is 9.84. The minimum atomic E-state index is -0.435. The normalized spacial score (nSPS) is 18.1. The van der Waals surface area contributed by atoms with Gasteiger partial charge in [0.05, 0.1) is 18.6 Å². The number of hydrogen-bond donors (Lipinski definition) is 2. The number of rotatable bonds is 6. The molecular formula is C19H23NO3S. The van der Waals surface area contributed by atoms with Crippen LogP contribution in [0.1, 0.15) is 54.0 Å².